The third kappa shape index (κ3) is 7.60. The molecule has 0 bridgehead atoms. The van der Waals surface area contributed by atoms with Crippen LogP contribution in [0.3, 0.4) is 0 Å². The van der Waals surface area contributed by atoms with Gasteiger partial charge in [-0.25, -0.2) is 4.98 Å². The van der Waals surface area contributed by atoms with Gasteiger partial charge in [0, 0.05) is 11.8 Å². The van der Waals surface area contributed by atoms with E-state index in [1.54, 1.807) is 11.3 Å². The maximum absolute atomic E-state index is 7.21. The predicted octanol–water partition coefficient (Wildman–Crippen LogP) is 5.63. The van der Waals surface area contributed by atoms with Gasteiger partial charge in [0.2, 0.25) is 0 Å². The van der Waals surface area contributed by atoms with Crippen LogP contribution in [-0.4, -0.2) is 25.6 Å². The summed E-state index contributed by atoms with van der Waals surface area (Å²) < 4.78 is 7.21. The van der Waals surface area contributed by atoms with Gasteiger partial charge in [0.15, 0.2) is 8.32 Å². The minimum absolute atomic E-state index is 0. The minimum atomic E-state index is -2.02. The Kier molecular flexibility index (Phi) is 11.5. The van der Waals surface area contributed by atoms with E-state index in [1.807, 2.05) is 0 Å². The molecule has 1 heterocycles. The molecule has 3 aromatic carbocycles. The van der Waals surface area contributed by atoms with E-state index in [1.165, 1.54) is 21.5 Å². The molecule has 212 valence electrons. The molecule has 0 aliphatic heterocycles. The summed E-state index contributed by atoms with van der Waals surface area (Å²) in [4.78, 5) is 4.73. The number of hydrogen-bond acceptors (Lipinski definition) is 3. The number of halogens is 1. The molecule has 0 unspecified atom stereocenters. The first-order valence-electron chi connectivity index (χ1n) is 13.9. The van der Waals surface area contributed by atoms with E-state index < -0.39 is 15.6 Å². The number of aromatic nitrogens is 1. The Hall–Kier alpha value is -1.63. The van der Waals surface area contributed by atoms with Crippen molar-refractivity contribution in [2.75, 3.05) is 6.16 Å². The van der Waals surface area contributed by atoms with Gasteiger partial charge in [0.1, 0.15) is 23.2 Å². The van der Waals surface area contributed by atoms with Crippen molar-refractivity contribution in [1.29, 1.82) is 0 Å². The maximum Gasteiger partial charge on any atom is 0.192 e. The number of rotatable bonds is 10. The van der Waals surface area contributed by atoms with Crippen molar-refractivity contribution in [3.8, 4) is 0 Å². The number of benzene rings is 3. The number of nitrogens with zero attached hydrogens (tertiary/aromatic N) is 1. The molecule has 1 aromatic heterocycles. The van der Waals surface area contributed by atoms with Gasteiger partial charge in [0.05, 0.1) is 23.0 Å². The molecule has 0 saturated heterocycles. The summed E-state index contributed by atoms with van der Waals surface area (Å²) in [6, 6.07) is 33.5. The highest BCUT2D eigenvalue weighted by Gasteiger charge is 2.46. The lowest BCUT2D eigenvalue weighted by molar-refractivity contribution is -0.00000932. The second-order valence-electron chi connectivity index (χ2n) is 11.9. The Morgan fingerprint density at radius 2 is 1.32 bits per heavy atom. The number of aryl methyl sites for hydroxylation is 1. The molecule has 0 N–H and O–H groups in total. The van der Waals surface area contributed by atoms with Gasteiger partial charge in [-0.3, -0.25) is 0 Å². The third-order valence-electron chi connectivity index (χ3n) is 8.08. The molecule has 0 fully saturated rings. The van der Waals surface area contributed by atoms with E-state index in [-0.39, 0.29) is 35.1 Å². The fraction of sp³-hybridized carbons (Fsp3) is 0.324. The summed E-state index contributed by atoms with van der Waals surface area (Å²) in [6.07, 6.45) is 4.26. The lowest BCUT2D eigenvalue weighted by Crippen LogP contribution is -3.00. The molecule has 1 atom stereocenters. The van der Waals surface area contributed by atoms with E-state index in [9.17, 15) is 0 Å². The van der Waals surface area contributed by atoms with Gasteiger partial charge in [-0.1, -0.05) is 75.4 Å². The van der Waals surface area contributed by atoms with Crippen LogP contribution in [0.15, 0.2) is 102 Å². The van der Waals surface area contributed by atoms with Crippen molar-refractivity contribution >= 4 is 48.9 Å². The Labute approximate surface area is 264 Å². The van der Waals surface area contributed by atoms with Crippen molar-refractivity contribution in [2.45, 2.75) is 65.3 Å². The monoisotopic (exact) mass is 699 g/mol. The second-order valence-corrected chi connectivity index (χ2v) is 21.3. The Morgan fingerprint density at radius 1 is 0.875 bits per heavy atom. The van der Waals surface area contributed by atoms with Crippen LogP contribution in [0.5, 0.6) is 0 Å². The zero-order chi connectivity index (χ0) is 28.1. The lowest BCUT2D eigenvalue weighted by Gasteiger charge is -2.40. The first-order valence-corrected chi connectivity index (χ1v) is 19.6. The van der Waals surface area contributed by atoms with Crippen LogP contribution in [0.1, 0.15) is 44.8 Å². The van der Waals surface area contributed by atoms with Crippen LogP contribution < -0.4 is 39.9 Å². The number of hydrogen-bond donors (Lipinski definition) is 0. The molecule has 0 radical (unpaired) electrons. The van der Waals surface area contributed by atoms with Crippen LogP contribution in [0.2, 0.25) is 18.1 Å². The third-order valence-corrected chi connectivity index (χ3v) is 17.8. The average Bonchev–Trinajstić information content (AvgIpc) is 3.33. The Balaban J connectivity index is 0.00000441. The molecular formula is C34H43INOPSSi. The van der Waals surface area contributed by atoms with Crippen LogP contribution in [0.4, 0.5) is 0 Å². The molecule has 0 aliphatic carbocycles. The first kappa shape index (κ1) is 32.9. The highest BCUT2D eigenvalue weighted by molar-refractivity contribution is 7.95. The highest BCUT2D eigenvalue weighted by atomic mass is 127. The molecule has 0 aliphatic rings. The van der Waals surface area contributed by atoms with Gasteiger partial charge >= 0.3 is 0 Å². The van der Waals surface area contributed by atoms with Crippen molar-refractivity contribution in [3.05, 3.63) is 113 Å². The van der Waals surface area contributed by atoms with Crippen LogP contribution in [0, 0.1) is 6.92 Å². The highest BCUT2D eigenvalue weighted by Crippen LogP contribution is 2.56. The molecule has 0 spiro atoms. The van der Waals surface area contributed by atoms with Gasteiger partial charge in [0.25, 0.3) is 0 Å². The van der Waals surface area contributed by atoms with E-state index in [2.05, 4.69) is 150 Å². The average molecular weight is 700 g/mol. The van der Waals surface area contributed by atoms with Crippen LogP contribution in [0.25, 0.3) is 6.08 Å². The summed E-state index contributed by atoms with van der Waals surface area (Å²) in [5.41, 5.74) is 2.30. The summed E-state index contributed by atoms with van der Waals surface area (Å²) in [7, 11) is -3.96. The molecule has 0 saturated carbocycles. The van der Waals surface area contributed by atoms with Crippen molar-refractivity contribution in [2.24, 2.45) is 0 Å². The van der Waals surface area contributed by atoms with Crippen molar-refractivity contribution < 1.29 is 28.4 Å². The lowest BCUT2D eigenvalue weighted by atomic mass is 10.1. The van der Waals surface area contributed by atoms with E-state index >= 15 is 0 Å². The smallest absolute Gasteiger partial charge is 0.192 e. The normalized spacial score (nSPS) is 13.5. The van der Waals surface area contributed by atoms with Gasteiger partial charge in [-0.15, -0.1) is 11.3 Å². The predicted molar refractivity (Wildman–Crippen MR) is 177 cm³/mol. The van der Waals surface area contributed by atoms with Crippen LogP contribution >= 0.6 is 18.6 Å². The summed E-state index contributed by atoms with van der Waals surface area (Å²) in [5.74, 6) is 0. The standard InChI is InChI=1S/C34H43NOPSSi.HI/c1-27(25-29-26-38-28(2)35-29)33(36-39(6,7)34(3,4)5)23-24-37(30-17-11-8-12-18-30,31-19-13-9-14-20-31)32-21-15-10-16-22-32;/h8-22,25-26,33H,23-24H2,1-7H3;1H/q+1;/p-1/t33-;/m0./s1. The first-order chi connectivity index (χ1) is 18.5. The molecule has 40 heavy (non-hydrogen) atoms. The summed E-state index contributed by atoms with van der Waals surface area (Å²) >= 11 is 1.70. The van der Waals surface area contributed by atoms with Gasteiger partial charge < -0.3 is 28.4 Å². The van der Waals surface area contributed by atoms with E-state index in [0.29, 0.717) is 0 Å². The Bertz CT molecular complexity index is 1270. The fourth-order valence-electron chi connectivity index (χ4n) is 4.88. The molecule has 4 rings (SSSR count). The SMILES string of the molecule is CC(=Cc1csc(C)n1)[C@H](CC[P+](c1ccccc1)(c1ccccc1)c1ccccc1)O[Si](C)(C)C(C)(C)C.[I-]. The Morgan fingerprint density at radius 3 is 1.70 bits per heavy atom. The molecule has 6 heteroatoms. The second kappa shape index (κ2) is 14.0. The molecular weight excluding hydrogens is 656 g/mol. The number of thiazole rings is 1. The summed E-state index contributed by atoms with van der Waals surface area (Å²) in [6.45, 7) is 16.0. The maximum atomic E-state index is 7.21. The molecule has 4 aromatic rings. The fourth-order valence-corrected chi connectivity index (χ4v) is 11.2. The van der Waals surface area contributed by atoms with Crippen LogP contribution in [-0.2, 0) is 4.43 Å². The zero-order valence-corrected chi connectivity index (χ0v) is 29.8. The van der Waals surface area contributed by atoms with E-state index in [4.69, 9.17) is 9.41 Å². The zero-order valence-electron chi connectivity index (χ0n) is 24.9. The van der Waals surface area contributed by atoms with Crippen molar-refractivity contribution in [3.63, 3.8) is 0 Å². The molecule has 2 nitrogen and oxygen atoms in total. The molecule has 0 amide bonds. The van der Waals surface area contributed by atoms with Gasteiger partial charge in [-0.2, -0.15) is 0 Å². The minimum Gasteiger partial charge on any atom is -1.00 e. The topological polar surface area (TPSA) is 22.1 Å². The largest absolute Gasteiger partial charge is 1.00 e. The van der Waals surface area contributed by atoms with Gasteiger partial charge in [-0.05, 0) is 80.0 Å². The van der Waals surface area contributed by atoms with E-state index in [0.717, 1.165) is 23.3 Å². The van der Waals surface area contributed by atoms with Crippen molar-refractivity contribution in [1.82, 2.24) is 4.98 Å². The summed E-state index contributed by atoms with van der Waals surface area (Å²) in [5, 5.41) is 7.64. The quantitative estimate of drug-likeness (QED) is 0.122.